The summed E-state index contributed by atoms with van der Waals surface area (Å²) in [5, 5.41) is 0. The average molecular weight is 185 g/mol. The van der Waals surface area contributed by atoms with Crippen LogP contribution in [-0.4, -0.2) is 37.2 Å². The van der Waals surface area contributed by atoms with Gasteiger partial charge in [-0.25, -0.2) is 0 Å². The summed E-state index contributed by atoms with van der Waals surface area (Å²) in [5.74, 6) is 0. The van der Waals surface area contributed by atoms with Crippen LogP contribution in [0.2, 0.25) is 0 Å². The highest BCUT2D eigenvalue weighted by Crippen LogP contribution is 2.20. The van der Waals surface area contributed by atoms with E-state index in [1.807, 2.05) is 0 Å². The molecule has 1 aliphatic rings. The monoisotopic (exact) mass is 185 g/mol. The summed E-state index contributed by atoms with van der Waals surface area (Å²) in [7, 11) is 0. The smallest absolute Gasteiger partial charge is 0.0619 e. The molecule has 2 heteroatoms. The van der Waals surface area contributed by atoms with Crippen LogP contribution in [0.3, 0.4) is 0 Å². The first kappa shape index (κ1) is 11.0. The van der Waals surface area contributed by atoms with E-state index in [1.165, 1.54) is 13.0 Å². The van der Waals surface area contributed by atoms with Crippen molar-refractivity contribution in [1.82, 2.24) is 4.90 Å². The molecule has 1 atom stereocenters. The van der Waals surface area contributed by atoms with Gasteiger partial charge in [-0.05, 0) is 25.3 Å². The van der Waals surface area contributed by atoms with E-state index in [1.54, 1.807) is 0 Å². The highest BCUT2D eigenvalue weighted by Gasteiger charge is 2.20. The molecule has 1 aliphatic heterocycles. The van der Waals surface area contributed by atoms with E-state index in [0.717, 1.165) is 19.8 Å². The lowest BCUT2D eigenvalue weighted by molar-refractivity contribution is -0.00430. The van der Waals surface area contributed by atoms with E-state index in [4.69, 9.17) is 4.74 Å². The maximum absolute atomic E-state index is 5.40. The number of hydrogen-bond acceptors (Lipinski definition) is 2. The summed E-state index contributed by atoms with van der Waals surface area (Å²) in [5.41, 5.74) is 0.456. The van der Waals surface area contributed by atoms with Crippen molar-refractivity contribution in [3.63, 3.8) is 0 Å². The Morgan fingerprint density at radius 3 is 2.62 bits per heavy atom. The number of hydrogen-bond donors (Lipinski definition) is 0. The van der Waals surface area contributed by atoms with Crippen molar-refractivity contribution in [3.8, 4) is 0 Å². The van der Waals surface area contributed by atoms with Crippen LogP contribution < -0.4 is 0 Å². The third-order valence-corrected chi connectivity index (χ3v) is 2.65. The van der Waals surface area contributed by atoms with Crippen LogP contribution in [0.5, 0.6) is 0 Å². The molecule has 0 aliphatic carbocycles. The number of rotatable bonds is 2. The van der Waals surface area contributed by atoms with Gasteiger partial charge >= 0.3 is 0 Å². The molecule has 2 nitrogen and oxygen atoms in total. The standard InChI is InChI=1S/C11H23NO/c1-10-9-13-8-7-12(10)6-5-11(2,3)4/h10H,5-9H2,1-4H3/t10-/m1/s1. The van der Waals surface area contributed by atoms with Gasteiger partial charge in [0.15, 0.2) is 0 Å². The Morgan fingerprint density at radius 2 is 2.08 bits per heavy atom. The second kappa shape index (κ2) is 4.43. The maximum Gasteiger partial charge on any atom is 0.0619 e. The SMILES string of the molecule is C[C@@H]1COCCN1CCC(C)(C)C. The molecule has 0 unspecified atom stereocenters. The van der Waals surface area contributed by atoms with Gasteiger partial charge in [-0.1, -0.05) is 20.8 Å². The van der Waals surface area contributed by atoms with Crippen LogP contribution in [-0.2, 0) is 4.74 Å². The molecule has 0 amide bonds. The van der Waals surface area contributed by atoms with Gasteiger partial charge in [-0.3, -0.25) is 4.90 Å². The quantitative estimate of drug-likeness (QED) is 0.653. The molecular weight excluding hydrogens is 162 g/mol. The molecule has 0 N–H and O–H groups in total. The molecule has 1 saturated heterocycles. The molecule has 1 heterocycles. The zero-order chi connectivity index (χ0) is 9.90. The molecule has 0 saturated carbocycles. The minimum atomic E-state index is 0.456. The van der Waals surface area contributed by atoms with Crippen LogP contribution in [0.25, 0.3) is 0 Å². The molecule has 0 bridgehead atoms. The minimum Gasteiger partial charge on any atom is -0.379 e. The Hall–Kier alpha value is -0.0800. The van der Waals surface area contributed by atoms with Crippen molar-refractivity contribution in [2.24, 2.45) is 5.41 Å². The number of ether oxygens (including phenoxy) is 1. The third-order valence-electron chi connectivity index (χ3n) is 2.65. The summed E-state index contributed by atoms with van der Waals surface area (Å²) in [4.78, 5) is 2.54. The molecule has 1 rings (SSSR count). The Morgan fingerprint density at radius 1 is 1.38 bits per heavy atom. The van der Waals surface area contributed by atoms with Crippen molar-refractivity contribution in [3.05, 3.63) is 0 Å². The fourth-order valence-electron chi connectivity index (χ4n) is 1.57. The van der Waals surface area contributed by atoms with Gasteiger partial charge in [0.25, 0.3) is 0 Å². The van der Waals surface area contributed by atoms with Crippen LogP contribution in [0.4, 0.5) is 0 Å². The molecule has 78 valence electrons. The first-order chi connectivity index (χ1) is 5.99. The summed E-state index contributed by atoms with van der Waals surface area (Å²) in [6, 6.07) is 0.607. The van der Waals surface area contributed by atoms with E-state index in [-0.39, 0.29) is 0 Å². The predicted octanol–water partition coefficient (Wildman–Crippen LogP) is 2.14. The first-order valence-electron chi connectivity index (χ1n) is 5.31. The van der Waals surface area contributed by atoms with Gasteiger partial charge < -0.3 is 4.74 Å². The van der Waals surface area contributed by atoms with Crippen molar-refractivity contribution >= 4 is 0 Å². The van der Waals surface area contributed by atoms with E-state index in [0.29, 0.717) is 11.5 Å². The summed E-state index contributed by atoms with van der Waals surface area (Å²) >= 11 is 0. The van der Waals surface area contributed by atoms with Crippen molar-refractivity contribution in [1.29, 1.82) is 0 Å². The van der Waals surface area contributed by atoms with Crippen molar-refractivity contribution in [2.45, 2.75) is 40.2 Å². The van der Waals surface area contributed by atoms with Gasteiger partial charge in [0.05, 0.1) is 13.2 Å². The largest absolute Gasteiger partial charge is 0.379 e. The second-order valence-electron chi connectivity index (χ2n) is 5.27. The second-order valence-corrected chi connectivity index (χ2v) is 5.27. The van der Waals surface area contributed by atoms with E-state index in [2.05, 4.69) is 32.6 Å². The predicted molar refractivity (Wildman–Crippen MR) is 55.9 cm³/mol. The van der Waals surface area contributed by atoms with Crippen LogP contribution in [0.1, 0.15) is 34.1 Å². The number of morpholine rings is 1. The topological polar surface area (TPSA) is 12.5 Å². The highest BCUT2D eigenvalue weighted by molar-refractivity contribution is 4.73. The lowest BCUT2D eigenvalue weighted by atomic mass is 9.92. The molecule has 1 fully saturated rings. The highest BCUT2D eigenvalue weighted by atomic mass is 16.5. The molecule has 0 aromatic carbocycles. The van der Waals surface area contributed by atoms with Gasteiger partial charge in [-0.2, -0.15) is 0 Å². The van der Waals surface area contributed by atoms with E-state index < -0.39 is 0 Å². The molecule has 0 aromatic heterocycles. The Kier molecular flexibility index (Phi) is 3.74. The fourth-order valence-corrected chi connectivity index (χ4v) is 1.57. The van der Waals surface area contributed by atoms with Crippen molar-refractivity contribution < 1.29 is 4.74 Å². The summed E-state index contributed by atoms with van der Waals surface area (Å²) in [6.45, 7) is 13.3. The van der Waals surface area contributed by atoms with Gasteiger partial charge in [0.1, 0.15) is 0 Å². The van der Waals surface area contributed by atoms with Gasteiger partial charge in [0, 0.05) is 12.6 Å². The van der Waals surface area contributed by atoms with Crippen LogP contribution in [0, 0.1) is 5.41 Å². The van der Waals surface area contributed by atoms with Crippen LogP contribution >= 0.6 is 0 Å². The normalized spacial score (nSPS) is 26.3. The number of nitrogens with zero attached hydrogens (tertiary/aromatic N) is 1. The fraction of sp³-hybridized carbons (Fsp3) is 1.00. The average Bonchev–Trinajstić information content (AvgIpc) is 2.01. The summed E-state index contributed by atoms with van der Waals surface area (Å²) in [6.07, 6.45) is 1.28. The van der Waals surface area contributed by atoms with Gasteiger partial charge in [0.2, 0.25) is 0 Å². The molecule has 0 radical (unpaired) electrons. The van der Waals surface area contributed by atoms with Crippen LogP contribution in [0.15, 0.2) is 0 Å². The lowest BCUT2D eigenvalue weighted by Crippen LogP contribution is -2.44. The maximum atomic E-state index is 5.40. The zero-order valence-corrected chi connectivity index (χ0v) is 9.47. The molecule has 0 spiro atoms. The summed E-state index contributed by atoms with van der Waals surface area (Å²) < 4.78 is 5.40. The molecular formula is C11H23NO. The van der Waals surface area contributed by atoms with Gasteiger partial charge in [-0.15, -0.1) is 0 Å². The minimum absolute atomic E-state index is 0.456. The third kappa shape index (κ3) is 4.10. The Balaban J connectivity index is 2.27. The molecule has 13 heavy (non-hydrogen) atoms. The lowest BCUT2D eigenvalue weighted by Gasteiger charge is -2.35. The van der Waals surface area contributed by atoms with Crippen molar-refractivity contribution in [2.75, 3.05) is 26.3 Å². The first-order valence-corrected chi connectivity index (χ1v) is 5.31. The van der Waals surface area contributed by atoms with E-state index >= 15 is 0 Å². The van der Waals surface area contributed by atoms with E-state index in [9.17, 15) is 0 Å². The molecule has 0 aromatic rings. The Labute approximate surface area is 82.3 Å². The Bertz CT molecular complexity index is 151. The zero-order valence-electron chi connectivity index (χ0n) is 9.47.